The Balaban J connectivity index is 1.86. The van der Waals surface area contributed by atoms with Crippen LogP contribution >= 0.6 is 11.8 Å². The Bertz CT molecular complexity index is 952. The molecule has 0 aliphatic carbocycles. The number of hydrogen-bond donors (Lipinski definition) is 0. The van der Waals surface area contributed by atoms with E-state index in [1.54, 1.807) is 0 Å². The van der Waals surface area contributed by atoms with Crippen LogP contribution in [0, 0.1) is 13.8 Å². The molecule has 0 bridgehead atoms. The maximum absolute atomic E-state index is 12.0. The van der Waals surface area contributed by atoms with E-state index in [9.17, 15) is 4.79 Å². The Kier molecular flexibility index (Phi) is 4.00. The quantitative estimate of drug-likeness (QED) is 0.670. The van der Waals surface area contributed by atoms with Gasteiger partial charge in [-0.1, -0.05) is 42.1 Å². The molecule has 1 aliphatic heterocycles. The predicted octanol–water partition coefficient (Wildman–Crippen LogP) is 3.81. The number of cyclic esters (lactones) is 1. The van der Waals surface area contributed by atoms with Crippen molar-refractivity contribution in [3.05, 3.63) is 47.7 Å². The molecule has 0 amide bonds. The maximum atomic E-state index is 12.0. The number of esters is 1. The van der Waals surface area contributed by atoms with Crippen LogP contribution in [0.3, 0.4) is 0 Å². The maximum Gasteiger partial charge on any atom is 0.319 e. The van der Waals surface area contributed by atoms with Crippen LogP contribution in [-0.2, 0) is 9.53 Å². The molecule has 1 aromatic carbocycles. The highest BCUT2D eigenvalue weighted by Crippen LogP contribution is 2.35. The number of fused-ring (bicyclic) bond motifs is 1. The summed E-state index contributed by atoms with van der Waals surface area (Å²) in [7, 11) is 0. The normalized spacial score (nSPS) is 20.2. The number of aromatic nitrogens is 3. The van der Waals surface area contributed by atoms with Crippen molar-refractivity contribution < 1.29 is 9.53 Å². The van der Waals surface area contributed by atoms with Gasteiger partial charge in [0.2, 0.25) is 0 Å². The van der Waals surface area contributed by atoms with E-state index in [0.717, 1.165) is 33.2 Å². The summed E-state index contributed by atoms with van der Waals surface area (Å²) in [5.41, 5.74) is 4.97. The molecule has 0 radical (unpaired) electrons. The van der Waals surface area contributed by atoms with Crippen LogP contribution < -0.4 is 0 Å². The van der Waals surface area contributed by atoms with Gasteiger partial charge in [0, 0.05) is 12.0 Å². The van der Waals surface area contributed by atoms with Gasteiger partial charge in [0.15, 0.2) is 5.16 Å². The molecule has 25 heavy (non-hydrogen) atoms. The minimum atomic E-state index is -0.230. The van der Waals surface area contributed by atoms with E-state index < -0.39 is 0 Å². The van der Waals surface area contributed by atoms with Gasteiger partial charge in [-0.2, -0.15) is 5.10 Å². The number of imidazole rings is 1. The molecule has 4 rings (SSSR count). The first-order valence-corrected chi connectivity index (χ1v) is 9.20. The van der Waals surface area contributed by atoms with Gasteiger partial charge in [0.25, 0.3) is 0 Å². The summed E-state index contributed by atoms with van der Waals surface area (Å²) in [6, 6.07) is 12.1. The van der Waals surface area contributed by atoms with Gasteiger partial charge in [-0.15, -0.1) is 0 Å². The van der Waals surface area contributed by atoms with Gasteiger partial charge < -0.3 is 4.74 Å². The zero-order valence-electron chi connectivity index (χ0n) is 14.4. The van der Waals surface area contributed by atoms with Crippen LogP contribution in [0.15, 0.2) is 41.6 Å². The molecule has 2 atom stereocenters. The molecule has 1 aliphatic rings. The van der Waals surface area contributed by atoms with Crippen molar-refractivity contribution in [1.29, 1.82) is 0 Å². The Morgan fingerprint density at radius 1 is 1.24 bits per heavy atom. The second-order valence-electron chi connectivity index (χ2n) is 6.43. The van der Waals surface area contributed by atoms with Crippen LogP contribution in [0.4, 0.5) is 0 Å². The summed E-state index contributed by atoms with van der Waals surface area (Å²) in [4.78, 5) is 16.9. The number of carbonyl (C=O) groups excluding carboxylic acids is 1. The smallest absolute Gasteiger partial charge is 0.319 e. The Hall–Kier alpha value is -2.34. The summed E-state index contributed by atoms with van der Waals surface area (Å²) in [5, 5.41) is 5.15. The molecule has 0 spiro atoms. The number of rotatable bonds is 3. The average molecular weight is 353 g/mol. The van der Waals surface area contributed by atoms with E-state index in [2.05, 4.69) is 18.1 Å². The molecule has 3 aromatic rings. The lowest BCUT2D eigenvalue weighted by Gasteiger charge is -2.06. The standard InChI is InChI=1S/C19H19N3O2S/c1-11-9-12(2)21-22-17(11)16(14-7-5-4-6-8-14)20-19(22)25-15-10-13(3)24-18(15)23/h4-9,13,15H,10H2,1-3H3/t13-,15-/m0/s1. The summed E-state index contributed by atoms with van der Waals surface area (Å²) in [6.45, 7) is 5.96. The molecule has 3 heterocycles. The second-order valence-corrected chi connectivity index (χ2v) is 7.60. The van der Waals surface area contributed by atoms with Crippen molar-refractivity contribution in [1.82, 2.24) is 14.6 Å². The van der Waals surface area contributed by atoms with E-state index in [1.165, 1.54) is 11.8 Å². The first-order valence-electron chi connectivity index (χ1n) is 8.32. The first-order chi connectivity index (χ1) is 12.0. The third-order valence-corrected chi connectivity index (χ3v) is 5.45. The Morgan fingerprint density at radius 3 is 2.68 bits per heavy atom. The SMILES string of the molecule is Cc1cc(C)c2c(-c3ccccc3)nc(S[C@H]3C[C@H](C)OC3=O)n2n1. The van der Waals surface area contributed by atoms with Gasteiger partial charge in [0.1, 0.15) is 11.4 Å². The number of hydrogen-bond acceptors (Lipinski definition) is 5. The van der Waals surface area contributed by atoms with Gasteiger partial charge in [-0.05, 0) is 32.4 Å². The second kappa shape index (κ2) is 6.19. The number of thioether (sulfide) groups is 1. The highest BCUT2D eigenvalue weighted by Gasteiger charge is 2.34. The van der Waals surface area contributed by atoms with Crippen LogP contribution in [0.5, 0.6) is 0 Å². The zero-order chi connectivity index (χ0) is 17.6. The monoisotopic (exact) mass is 353 g/mol. The first kappa shape index (κ1) is 16.1. The van der Waals surface area contributed by atoms with Crippen molar-refractivity contribution >= 4 is 23.2 Å². The third kappa shape index (κ3) is 2.91. The minimum absolute atomic E-state index is 0.0405. The van der Waals surface area contributed by atoms with Crippen molar-refractivity contribution in [2.75, 3.05) is 0 Å². The van der Waals surface area contributed by atoms with Gasteiger partial charge >= 0.3 is 5.97 Å². The summed E-state index contributed by atoms with van der Waals surface area (Å²) >= 11 is 1.44. The van der Waals surface area contributed by atoms with Crippen LogP contribution in [0.1, 0.15) is 24.6 Å². The highest BCUT2D eigenvalue weighted by molar-refractivity contribution is 8.00. The summed E-state index contributed by atoms with van der Waals surface area (Å²) < 4.78 is 7.15. The molecule has 0 N–H and O–H groups in total. The Labute approximate surface area is 150 Å². The predicted molar refractivity (Wildman–Crippen MR) is 97.7 cm³/mol. The summed E-state index contributed by atoms with van der Waals surface area (Å²) in [6.07, 6.45) is 0.658. The summed E-state index contributed by atoms with van der Waals surface area (Å²) in [5.74, 6) is -0.167. The molecule has 0 unspecified atom stereocenters. The van der Waals surface area contributed by atoms with Crippen molar-refractivity contribution in [3.8, 4) is 11.3 Å². The fourth-order valence-corrected chi connectivity index (χ4v) is 4.37. The van der Waals surface area contributed by atoms with E-state index in [0.29, 0.717) is 6.42 Å². The average Bonchev–Trinajstić information content (AvgIpc) is 3.09. The highest BCUT2D eigenvalue weighted by atomic mass is 32.2. The fraction of sp³-hybridized carbons (Fsp3) is 0.316. The molecule has 1 fully saturated rings. The minimum Gasteiger partial charge on any atom is -0.462 e. The van der Waals surface area contributed by atoms with E-state index in [1.807, 2.05) is 48.7 Å². The number of aryl methyl sites for hydroxylation is 2. The van der Waals surface area contributed by atoms with Gasteiger partial charge in [-0.25, -0.2) is 9.50 Å². The largest absolute Gasteiger partial charge is 0.462 e. The number of carbonyl (C=O) groups is 1. The van der Waals surface area contributed by atoms with E-state index in [4.69, 9.17) is 9.72 Å². The third-order valence-electron chi connectivity index (χ3n) is 4.30. The molecular formula is C19H19N3O2S. The van der Waals surface area contributed by atoms with E-state index >= 15 is 0 Å². The number of benzene rings is 1. The van der Waals surface area contributed by atoms with Crippen LogP contribution in [0.25, 0.3) is 16.8 Å². The lowest BCUT2D eigenvalue weighted by molar-refractivity contribution is -0.140. The van der Waals surface area contributed by atoms with Crippen molar-refractivity contribution in [2.45, 2.75) is 43.7 Å². The number of nitrogens with zero attached hydrogens (tertiary/aromatic N) is 3. The topological polar surface area (TPSA) is 56.5 Å². The zero-order valence-corrected chi connectivity index (χ0v) is 15.2. The molecule has 128 valence electrons. The Morgan fingerprint density at radius 2 is 2.00 bits per heavy atom. The molecule has 0 saturated carbocycles. The van der Waals surface area contributed by atoms with Gasteiger partial charge in [-0.3, -0.25) is 4.79 Å². The van der Waals surface area contributed by atoms with Crippen LogP contribution in [-0.4, -0.2) is 31.9 Å². The number of ether oxygens (including phenoxy) is 1. The molecule has 1 saturated heterocycles. The fourth-order valence-electron chi connectivity index (χ4n) is 3.22. The van der Waals surface area contributed by atoms with E-state index in [-0.39, 0.29) is 17.3 Å². The van der Waals surface area contributed by atoms with Crippen molar-refractivity contribution in [3.63, 3.8) is 0 Å². The molecular weight excluding hydrogens is 334 g/mol. The van der Waals surface area contributed by atoms with Crippen LogP contribution in [0.2, 0.25) is 0 Å². The molecule has 6 heteroatoms. The van der Waals surface area contributed by atoms with Crippen molar-refractivity contribution in [2.24, 2.45) is 0 Å². The lowest BCUT2D eigenvalue weighted by Crippen LogP contribution is -2.10. The lowest BCUT2D eigenvalue weighted by atomic mass is 10.1. The molecule has 5 nitrogen and oxygen atoms in total. The van der Waals surface area contributed by atoms with Gasteiger partial charge in [0.05, 0.1) is 16.9 Å². The molecule has 2 aromatic heterocycles.